The van der Waals surface area contributed by atoms with Crippen LogP contribution in [0.3, 0.4) is 0 Å². The average molecular weight is 520 g/mol. The normalized spacial score (nSPS) is 11.8. The Bertz CT molecular complexity index is 1710. The first kappa shape index (κ1) is 22.7. The molecule has 0 atom stereocenters. The molecule has 4 N–H and O–H groups in total. The summed E-state index contributed by atoms with van der Waals surface area (Å²) in [5, 5.41) is 3.42. The quantitative estimate of drug-likeness (QED) is 0.230. The zero-order valence-corrected chi connectivity index (χ0v) is 19.6. The number of rotatable bonds is 5. The molecule has 3 aromatic carbocycles. The van der Waals surface area contributed by atoms with Crippen LogP contribution in [0, 0.1) is 0 Å². The van der Waals surface area contributed by atoms with Gasteiger partial charge in [0.05, 0.1) is 27.0 Å². The van der Waals surface area contributed by atoms with Gasteiger partial charge < -0.3 is 15.5 Å². The van der Waals surface area contributed by atoms with Crippen LogP contribution in [0.25, 0.3) is 32.5 Å². The number of benzene rings is 3. The van der Waals surface area contributed by atoms with Gasteiger partial charge in [0.2, 0.25) is 17.8 Å². The van der Waals surface area contributed by atoms with Crippen LogP contribution in [-0.4, -0.2) is 24.9 Å². The van der Waals surface area contributed by atoms with Crippen molar-refractivity contribution in [1.82, 2.24) is 24.9 Å². The van der Waals surface area contributed by atoms with E-state index in [1.165, 1.54) is 23.5 Å². The summed E-state index contributed by atoms with van der Waals surface area (Å²) in [4.78, 5) is 20.9. The minimum atomic E-state index is -4.44. The van der Waals surface area contributed by atoms with Crippen molar-refractivity contribution in [2.45, 2.75) is 6.18 Å². The van der Waals surface area contributed by atoms with Crippen molar-refractivity contribution in [3.05, 3.63) is 78.4 Å². The standard InChI is InChI=1S/C25H16F3N7OS/c26-25(27,28)14-10-8-13(9-11-14)17-12-20(36-18-6-3-7-19-21(18)34-22(29)37-19)33-24(32-17)35-23-30-15-4-1-2-5-16(15)31-23/h1-12H,(H2,29,34)(H2,30,31,32,33,35). The van der Waals surface area contributed by atoms with Gasteiger partial charge in [0.25, 0.3) is 0 Å². The summed E-state index contributed by atoms with van der Waals surface area (Å²) >= 11 is 1.32. The lowest BCUT2D eigenvalue weighted by Crippen LogP contribution is -2.04. The summed E-state index contributed by atoms with van der Waals surface area (Å²) in [6, 6.07) is 19.1. The number of nitrogen functional groups attached to an aromatic ring is 1. The number of fused-ring (bicyclic) bond motifs is 2. The van der Waals surface area contributed by atoms with Crippen molar-refractivity contribution < 1.29 is 17.9 Å². The summed E-state index contributed by atoms with van der Waals surface area (Å²) in [5.74, 6) is 1.11. The van der Waals surface area contributed by atoms with Gasteiger partial charge in [-0.1, -0.05) is 41.7 Å². The minimum absolute atomic E-state index is 0.136. The average Bonchev–Trinajstić information content (AvgIpc) is 3.46. The molecule has 0 bridgehead atoms. The van der Waals surface area contributed by atoms with Crippen LogP contribution in [-0.2, 0) is 6.18 Å². The Morgan fingerprint density at radius 1 is 0.892 bits per heavy atom. The second-order valence-electron chi connectivity index (χ2n) is 7.97. The monoisotopic (exact) mass is 519 g/mol. The van der Waals surface area contributed by atoms with Crippen LogP contribution < -0.4 is 15.8 Å². The lowest BCUT2D eigenvalue weighted by Gasteiger charge is -2.11. The van der Waals surface area contributed by atoms with Crippen molar-refractivity contribution in [1.29, 1.82) is 0 Å². The third-order valence-corrected chi connectivity index (χ3v) is 6.29. The lowest BCUT2D eigenvalue weighted by atomic mass is 10.1. The van der Waals surface area contributed by atoms with Crippen molar-refractivity contribution >= 4 is 49.6 Å². The zero-order valence-electron chi connectivity index (χ0n) is 18.7. The molecular weight excluding hydrogens is 503 g/mol. The van der Waals surface area contributed by atoms with Crippen molar-refractivity contribution in [3.8, 4) is 22.9 Å². The predicted octanol–water partition coefficient (Wildman–Crippen LogP) is 6.77. The van der Waals surface area contributed by atoms with Gasteiger partial charge in [-0.3, -0.25) is 5.32 Å². The first-order valence-corrected chi connectivity index (χ1v) is 11.7. The zero-order chi connectivity index (χ0) is 25.6. The lowest BCUT2D eigenvalue weighted by molar-refractivity contribution is -0.137. The van der Waals surface area contributed by atoms with Gasteiger partial charge in [0.1, 0.15) is 5.52 Å². The number of hydrogen-bond donors (Lipinski definition) is 3. The van der Waals surface area contributed by atoms with Crippen LogP contribution >= 0.6 is 11.3 Å². The molecule has 0 saturated carbocycles. The Morgan fingerprint density at radius 2 is 1.70 bits per heavy atom. The second kappa shape index (κ2) is 8.75. The third-order valence-electron chi connectivity index (χ3n) is 5.44. The molecule has 3 aromatic heterocycles. The highest BCUT2D eigenvalue weighted by molar-refractivity contribution is 7.22. The number of aromatic nitrogens is 5. The van der Waals surface area contributed by atoms with E-state index in [1.807, 2.05) is 30.3 Å². The molecule has 0 aliphatic rings. The largest absolute Gasteiger partial charge is 0.437 e. The van der Waals surface area contributed by atoms with E-state index in [4.69, 9.17) is 10.5 Å². The number of ether oxygens (including phenoxy) is 1. The van der Waals surface area contributed by atoms with E-state index in [-0.39, 0.29) is 11.8 Å². The summed E-state index contributed by atoms with van der Waals surface area (Å²) < 4.78 is 46.1. The minimum Gasteiger partial charge on any atom is -0.437 e. The van der Waals surface area contributed by atoms with Gasteiger partial charge in [-0.15, -0.1) is 0 Å². The number of imidazole rings is 1. The molecule has 8 nitrogen and oxygen atoms in total. The van der Waals surface area contributed by atoms with Gasteiger partial charge in [-0.25, -0.2) is 15.0 Å². The van der Waals surface area contributed by atoms with Gasteiger partial charge >= 0.3 is 6.18 Å². The number of aromatic amines is 1. The molecule has 0 unspecified atom stereocenters. The maximum atomic E-state index is 13.1. The van der Waals surface area contributed by atoms with E-state index in [9.17, 15) is 13.2 Å². The van der Waals surface area contributed by atoms with Crippen LogP contribution in [0.2, 0.25) is 0 Å². The third kappa shape index (κ3) is 4.61. The van der Waals surface area contributed by atoms with E-state index in [0.717, 1.165) is 27.9 Å². The summed E-state index contributed by atoms with van der Waals surface area (Å²) in [6.07, 6.45) is -4.44. The SMILES string of the molecule is Nc1nc2c(Oc3cc(-c4ccc(C(F)(F)F)cc4)nc(Nc4nc5ccccc5[nH]4)n3)cccc2s1. The van der Waals surface area contributed by atoms with Crippen LogP contribution in [0.1, 0.15) is 5.56 Å². The van der Waals surface area contributed by atoms with E-state index in [1.54, 1.807) is 18.2 Å². The Morgan fingerprint density at radius 3 is 2.49 bits per heavy atom. The number of nitrogens with two attached hydrogens (primary N) is 1. The topological polar surface area (TPSA) is 115 Å². The molecule has 0 spiro atoms. The van der Waals surface area contributed by atoms with Crippen LogP contribution in [0.5, 0.6) is 11.6 Å². The first-order chi connectivity index (χ1) is 17.8. The van der Waals surface area contributed by atoms with E-state index in [0.29, 0.717) is 33.6 Å². The summed E-state index contributed by atoms with van der Waals surface area (Å²) in [7, 11) is 0. The number of anilines is 3. The highest BCUT2D eigenvalue weighted by atomic mass is 32.1. The number of hydrogen-bond acceptors (Lipinski definition) is 8. The van der Waals surface area contributed by atoms with E-state index in [2.05, 4.69) is 30.2 Å². The predicted molar refractivity (Wildman–Crippen MR) is 136 cm³/mol. The summed E-state index contributed by atoms with van der Waals surface area (Å²) in [5.41, 5.74) is 8.04. The fourth-order valence-corrected chi connectivity index (χ4v) is 4.52. The van der Waals surface area contributed by atoms with E-state index >= 15 is 0 Å². The molecule has 0 amide bonds. The molecule has 37 heavy (non-hydrogen) atoms. The molecular formula is C25H16F3N7OS. The molecule has 12 heteroatoms. The molecule has 6 rings (SSSR count). The Labute approximate surface area is 211 Å². The van der Waals surface area contributed by atoms with Crippen molar-refractivity contribution in [2.75, 3.05) is 11.1 Å². The van der Waals surface area contributed by atoms with Crippen LogP contribution in [0.15, 0.2) is 72.8 Å². The van der Waals surface area contributed by atoms with Gasteiger partial charge in [0.15, 0.2) is 10.9 Å². The Balaban J connectivity index is 1.41. The van der Waals surface area contributed by atoms with Gasteiger partial charge in [-0.2, -0.15) is 18.2 Å². The smallest absolute Gasteiger partial charge is 0.416 e. The van der Waals surface area contributed by atoms with E-state index < -0.39 is 11.7 Å². The number of nitrogens with zero attached hydrogens (tertiary/aromatic N) is 4. The molecule has 0 saturated heterocycles. The number of para-hydroxylation sites is 3. The molecule has 184 valence electrons. The van der Waals surface area contributed by atoms with Gasteiger partial charge in [-0.05, 0) is 36.4 Å². The second-order valence-corrected chi connectivity index (χ2v) is 9.04. The first-order valence-electron chi connectivity index (χ1n) is 10.9. The van der Waals surface area contributed by atoms with Gasteiger partial charge in [0, 0.05) is 11.6 Å². The fourth-order valence-electron chi connectivity index (χ4n) is 3.76. The maximum absolute atomic E-state index is 13.1. The maximum Gasteiger partial charge on any atom is 0.416 e. The molecule has 0 fully saturated rings. The molecule has 0 aliphatic carbocycles. The fraction of sp³-hybridized carbons (Fsp3) is 0.0400. The van der Waals surface area contributed by atoms with Crippen LogP contribution in [0.4, 0.5) is 30.2 Å². The number of nitrogens with one attached hydrogen (secondary N) is 2. The molecule has 3 heterocycles. The number of H-pyrrole nitrogens is 1. The van der Waals surface area contributed by atoms with Crippen molar-refractivity contribution in [2.24, 2.45) is 0 Å². The van der Waals surface area contributed by atoms with Crippen molar-refractivity contribution in [3.63, 3.8) is 0 Å². The molecule has 0 aliphatic heterocycles. The highest BCUT2D eigenvalue weighted by Gasteiger charge is 2.30. The number of thiazole rings is 1. The number of alkyl halides is 3. The Hall–Kier alpha value is -4.71. The Kier molecular flexibility index (Phi) is 5.37. The molecule has 6 aromatic rings. The summed E-state index contributed by atoms with van der Waals surface area (Å²) in [6.45, 7) is 0. The highest BCUT2D eigenvalue weighted by Crippen LogP contribution is 2.35. The molecule has 0 radical (unpaired) electrons. The number of halogens is 3.